The van der Waals surface area contributed by atoms with Crippen molar-refractivity contribution in [1.29, 1.82) is 0 Å². The number of methoxy groups -OCH3 is 1. The number of ether oxygens (including phenoxy) is 1. The maximum absolute atomic E-state index is 11.0. The molecule has 1 fully saturated rings. The van der Waals surface area contributed by atoms with Crippen LogP contribution < -0.4 is 10.6 Å². The maximum atomic E-state index is 11.0. The molecule has 2 rings (SSSR count). The molecule has 23 heavy (non-hydrogen) atoms. The van der Waals surface area contributed by atoms with Gasteiger partial charge in [-0.2, -0.15) is 0 Å². The summed E-state index contributed by atoms with van der Waals surface area (Å²) < 4.78 is 4.63. The van der Waals surface area contributed by atoms with E-state index in [9.17, 15) is 4.79 Å². The molecule has 0 saturated heterocycles. The lowest BCUT2D eigenvalue weighted by molar-refractivity contribution is -0.140. The van der Waals surface area contributed by atoms with Crippen molar-refractivity contribution in [3.05, 3.63) is 35.9 Å². The fraction of sp³-hybridized carbons (Fsp3) is 0.556. The van der Waals surface area contributed by atoms with Crippen molar-refractivity contribution < 1.29 is 9.53 Å². The number of guanidine groups is 1. The van der Waals surface area contributed by atoms with Gasteiger partial charge in [-0.05, 0) is 31.2 Å². The number of hydrogen-bond donors (Lipinski definition) is 2. The highest BCUT2D eigenvalue weighted by atomic mass is 16.5. The van der Waals surface area contributed by atoms with Crippen LogP contribution in [0.4, 0.5) is 0 Å². The zero-order valence-corrected chi connectivity index (χ0v) is 14.1. The van der Waals surface area contributed by atoms with Crippen molar-refractivity contribution in [2.24, 2.45) is 4.99 Å². The van der Waals surface area contributed by atoms with Crippen LogP contribution in [0.15, 0.2) is 35.3 Å². The summed E-state index contributed by atoms with van der Waals surface area (Å²) in [6.07, 6.45) is 4.66. The van der Waals surface area contributed by atoms with Gasteiger partial charge in [0.15, 0.2) is 5.96 Å². The molecule has 2 N–H and O–H groups in total. The molecule has 0 unspecified atom stereocenters. The van der Waals surface area contributed by atoms with Gasteiger partial charge in [-0.3, -0.25) is 9.79 Å². The van der Waals surface area contributed by atoms with E-state index in [-0.39, 0.29) is 11.4 Å². The van der Waals surface area contributed by atoms with E-state index in [1.807, 2.05) is 0 Å². The number of nitrogens with one attached hydrogen (secondary N) is 2. The average Bonchev–Trinajstić information content (AvgIpc) is 3.39. The van der Waals surface area contributed by atoms with E-state index >= 15 is 0 Å². The largest absolute Gasteiger partial charge is 0.469 e. The van der Waals surface area contributed by atoms with E-state index in [1.165, 1.54) is 25.5 Å². The third kappa shape index (κ3) is 5.27. The van der Waals surface area contributed by atoms with Crippen LogP contribution in [0.5, 0.6) is 0 Å². The molecule has 1 aromatic carbocycles. The van der Waals surface area contributed by atoms with Crippen molar-refractivity contribution in [3.8, 4) is 0 Å². The van der Waals surface area contributed by atoms with Crippen LogP contribution in [-0.2, 0) is 14.9 Å². The second-order valence-corrected chi connectivity index (χ2v) is 6.03. The molecule has 1 aliphatic carbocycles. The Morgan fingerprint density at radius 1 is 1.22 bits per heavy atom. The van der Waals surface area contributed by atoms with Gasteiger partial charge in [0.1, 0.15) is 0 Å². The van der Waals surface area contributed by atoms with Gasteiger partial charge >= 0.3 is 5.97 Å². The highest BCUT2D eigenvalue weighted by molar-refractivity contribution is 5.79. The van der Waals surface area contributed by atoms with Gasteiger partial charge in [0, 0.05) is 32.0 Å². The molecule has 0 amide bonds. The van der Waals surface area contributed by atoms with Gasteiger partial charge in [-0.25, -0.2) is 0 Å². The number of benzene rings is 1. The Kier molecular flexibility index (Phi) is 6.44. The first-order valence-electron chi connectivity index (χ1n) is 8.27. The number of unbranched alkanes of at least 4 members (excludes halogenated alkanes) is 1. The molecule has 0 atom stereocenters. The van der Waals surface area contributed by atoms with Crippen molar-refractivity contribution >= 4 is 11.9 Å². The number of hydrogen-bond acceptors (Lipinski definition) is 3. The third-order valence-corrected chi connectivity index (χ3v) is 4.39. The Hall–Kier alpha value is -2.04. The number of carbonyl (C=O) groups excluding carboxylic acids is 1. The minimum atomic E-state index is -0.147. The first kappa shape index (κ1) is 17.3. The molecule has 0 bridgehead atoms. The molecule has 1 aliphatic rings. The van der Waals surface area contributed by atoms with Crippen LogP contribution in [0.3, 0.4) is 0 Å². The Morgan fingerprint density at radius 3 is 2.57 bits per heavy atom. The van der Waals surface area contributed by atoms with Gasteiger partial charge in [0.2, 0.25) is 0 Å². The fourth-order valence-electron chi connectivity index (χ4n) is 2.69. The van der Waals surface area contributed by atoms with Crippen molar-refractivity contribution in [3.63, 3.8) is 0 Å². The maximum Gasteiger partial charge on any atom is 0.305 e. The first-order chi connectivity index (χ1) is 11.2. The van der Waals surface area contributed by atoms with Gasteiger partial charge in [0.05, 0.1) is 7.11 Å². The Balaban J connectivity index is 1.69. The Morgan fingerprint density at radius 2 is 1.96 bits per heavy atom. The quantitative estimate of drug-likeness (QED) is 0.334. The van der Waals surface area contributed by atoms with Gasteiger partial charge in [0.25, 0.3) is 0 Å². The number of esters is 1. The summed E-state index contributed by atoms with van der Waals surface area (Å²) in [4.78, 5) is 15.3. The molecule has 1 saturated carbocycles. The predicted octanol–water partition coefficient (Wildman–Crippen LogP) is 2.23. The molecule has 5 nitrogen and oxygen atoms in total. The molecule has 126 valence electrons. The summed E-state index contributed by atoms with van der Waals surface area (Å²) in [5, 5.41) is 6.73. The highest BCUT2D eigenvalue weighted by Crippen LogP contribution is 2.47. The summed E-state index contributed by atoms with van der Waals surface area (Å²) in [5.74, 6) is 0.677. The van der Waals surface area contributed by atoms with Crippen LogP contribution in [-0.4, -0.2) is 39.2 Å². The van der Waals surface area contributed by atoms with E-state index < -0.39 is 0 Å². The summed E-state index contributed by atoms with van der Waals surface area (Å²) in [7, 11) is 3.21. The topological polar surface area (TPSA) is 62.7 Å². The highest BCUT2D eigenvalue weighted by Gasteiger charge is 2.43. The molecule has 0 radical (unpaired) electrons. The molecular weight excluding hydrogens is 290 g/mol. The standard InChI is InChI=1S/C18H27N3O2/c1-19-17(20-13-7-6-10-16(22)23-2)21-14-18(11-12-18)15-8-4-3-5-9-15/h3-5,8-9H,6-7,10-14H2,1-2H3,(H2,19,20,21). The van der Waals surface area contributed by atoms with E-state index in [0.29, 0.717) is 6.42 Å². The number of rotatable bonds is 8. The Labute approximate surface area is 138 Å². The minimum absolute atomic E-state index is 0.147. The van der Waals surface area contributed by atoms with E-state index in [2.05, 4.69) is 50.7 Å². The lowest BCUT2D eigenvalue weighted by Crippen LogP contribution is -2.41. The van der Waals surface area contributed by atoms with Crippen molar-refractivity contribution in [2.45, 2.75) is 37.5 Å². The molecule has 0 heterocycles. The molecule has 0 aromatic heterocycles. The molecule has 1 aromatic rings. The van der Waals surface area contributed by atoms with Crippen molar-refractivity contribution in [2.75, 3.05) is 27.2 Å². The lowest BCUT2D eigenvalue weighted by atomic mass is 9.96. The first-order valence-corrected chi connectivity index (χ1v) is 8.27. The zero-order chi connectivity index (χ0) is 16.5. The van der Waals surface area contributed by atoms with E-state index in [4.69, 9.17) is 0 Å². The van der Waals surface area contributed by atoms with Crippen LogP contribution in [0, 0.1) is 0 Å². The van der Waals surface area contributed by atoms with E-state index in [1.54, 1.807) is 7.05 Å². The van der Waals surface area contributed by atoms with Gasteiger partial charge < -0.3 is 15.4 Å². The van der Waals surface area contributed by atoms with Crippen LogP contribution in [0.25, 0.3) is 0 Å². The number of carbonyl (C=O) groups is 1. The molecular formula is C18H27N3O2. The lowest BCUT2D eigenvalue weighted by Gasteiger charge is -2.19. The SMILES string of the molecule is CN=C(NCCCCC(=O)OC)NCC1(c2ccccc2)CC1. The average molecular weight is 317 g/mol. The Bertz CT molecular complexity index is 524. The summed E-state index contributed by atoms with van der Waals surface area (Å²) >= 11 is 0. The summed E-state index contributed by atoms with van der Waals surface area (Å²) in [5.41, 5.74) is 1.67. The summed E-state index contributed by atoms with van der Waals surface area (Å²) in [6.45, 7) is 1.70. The number of nitrogens with zero attached hydrogens (tertiary/aromatic N) is 1. The minimum Gasteiger partial charge on any atom is -0.469 e. The summed E-state index contributed by atoms with van der Waals surface area (Å²) in [6, 6.07) is 10.7. The van der Waals surface area contributed by atoms with Crippen LogP contribution in [0.1, 0.15) is 37.7 Å². The number of aliphatic imine (C=N–C) groups is 1. The molecule has 5 heteroatoms. The smallest absolute Gasteiger partial charge is 0.305 e. The second kappa shape index (κ2) is 8.56. The fourth-order valence-corrected chi connectivity index (χ4v) is 2.69. The molecule has 0 spiro atoms. The van der Waals surface area contributed by atoms with Crippen molar-refractivity contribution in [1.82, 2.24) is 10.6 Å². The third-order valence-electron chi connectivity index (χ3n) is 4.39. The monoisotopic (exact) mass is 317 g/mol. The molecule has 0 aliphatic heterocycles. The van der Waals surface area contributed by atoms with Crippen LogP contribution in [0.2, 0.25) is 0 Å². The van der Waals surface area contributed by atoms with Gasteiger partial charge in [-0.1, -0.05) is 30.3 Å². The second-order valence-electron chi connectivity index (χ2n) is 6.03. The predicted molar refractivity (Wildman–Crippen MR) is 92.6 cm³/mol. The normalized spacial score (nSPS) is 15.8. The zero-order valence-electron chi connectivity index (χ0n) is 14.1. The van der Waals surface area contributed by atoms with Crippen LogP contribution >= 0.6 is 0 Å². The van der Waals surface area contributed by atoms with E-state index in [0.717, 1.165) is 31.9 Å². The van der Waals surface area contributed by atoms with Gasteiger partial charge in [-0.15, -0.1) is 0 Å².